The maximum absolute atomic E-state index is 12.2. The van der Waals surface area contributed by atoms with Crippen molar-refractivity contribution in [2.45, 2.75) is 6.04 Å². The van der Waals surface area contributed by atoms with Gasteiger partial charge in [0.05, 0.1) is 11.6 Å². The van der Waals surface area contributed by atoms with Gasteiger partial charge in [-0.2, -0.15) is 0 Å². The van der Waals surface area contributed by atoms with Crippen LogP contribution in [-0.2, 0) is 0 Å². The van der Waals surface area contributed by atoms with Crippen LogP contribution >= 0.6 is 0 Å². The van der Waals surface area contributed by atoms with Gasteiger partial charge in [0.25, 0.3) is 0 Å². The fraction of sp³-hybridized carbons (Fsp3) is 0.167. The first-order valence-corrected chi connectivity index (χ1v) is 11.8. The van der Waals surface area contributed by atoms with E-state index in [0.29, 0.717) is 11.3 Å². The molecule has 0 fully saturated rings. The number of benzene rings is 4. The minimum Gasteiger partial charge on any atom is -0.478 e. The van der Waals surface area contributed by atoms with Crippen LogP contribution in [-0.4, -0.2) is 39.3 Å². The topological polar surface area (TPSA) is 65.0 Å². The number of para-hydroxylation sites is 1. The highest BCUT2D eigenvalue weighted by Crippen LogP contribution is 2.51. The van der Waals surface area contributed by atoms with Crippen molar-refractivity contribution in [3.63, 3.8) is 0 Å². The maximum Gasteiger partial charge on any atom is 0.336 e. The van der Waals surface area contributed by atoms with Gasteiger partial charge in [-0.1, -0.05) is 42.5 Å². The van der Waals surface area contributed by atoms with Crippen molar-refractivity contribution in [3.05, 3.63) is 102 Å². The zero-order valence-corrected chi connectivity index (χ0v) is 20.8. The lowest BCUT2D eigenvalue weighted by Crippen LogP contribution is -2.21. The van der Waals surface area contributed by atoms with Gasteiger partial charge in [0.1, 0.15) is 11.5 Å². The van der Waals surface area contributed by atoms with Crippen molar-refractivity contribution in [2.75, 3.05) is 43.3 Å². The summed E-state index contributed by atoms with van der Waals surface area (Å²) < 4.78 is 6.55. The van der Waals surface area contributed by atoms with Gasteiger partial charge < -0.3 is 25.0 Å². The molecule has 1 unspecified atom stereocenters. The molecule has 182 valence electrons. The van der Waals surface area contributed by atoms with Crippen molar-refractivity contribution in [1.29, 1.82) is 0 Å². The average Bonchev–Trinajstić information content (AvgIpc) is 2.88. The summed E-state index contributed by atoms with van der Waals surface area (Å²) in [6.07, 6.45) is 0. The molecule has 5 rings (SSSR count). The van der Waals surface area contributed by atoms with Crippen LogP contribution in [0.2, 0.25) is 0 Å². The summed E-state index contributed by atoms with van der Waals surface area (Å²) in [6.45, 7) is 0. The lowest BCUT2D eigenvalue weighted by Gasteiger charge is -2.33. The van der Waals surface area contributed by atoms with Crippen molar-refractivity contribution in [2.24, 2.45) is 0 Å². The Morgan fingerprint density at radius 1 is 0.778 bits per heavy atom. The van der Waals surface area contributed by atoms with E-state index in [1.165, 1.54) is 0 Å². The van der Waals surface area contributed by atoms with Gasteiger partial charge in [0, 0.05) is 68.5 Å². The first-order chi connectivity index (χ1) is 17.3. The van der Waals surface area contributed by atoms with Gasteiger partial charge in [-0.15, -0.1) is 0 Å². The van der Waals surface area contributed by atoms with Crippen molar-refractivity contribution in [1.82, 2.24) is 0 Å². The van der Waals surface area contributed by atoms with E-state index >= 15 is 0 Å². The number of rotatable bonds is 6. The molecule has 0 bridgehead atoms. The number of nitrogens with zero attached hydrogens (tertiary/aromatic N) is 2. The van der Waals surface area contributed by atoms with Gasteiger partial charge in [-0.3, -0.25) is 0 Å². The van der Waals surface area contributed by atoms with Crippen LogP contribution in [0.1, 0.15) is 27.5 Å². The quantitative estimate of drug-likeness (QED) is 0.330. The number of aromatic carboxylic acids is 1. The number of hydrogen-bond acceptors (Lipinski definition) is 5. The molecule has 2 N–H and O–H groups in total. The van der Waals surface area contributed by atoms with E-state index in [4.69, 9.17) is 4.74 Å². The molecule has 1 heterocycles. The SMILES string of the molecule is CN(C)c1ccc2c(c1)Oc1cc(N(C)C)cc(-c3ccccc3C(=O)O)c1C2Nc1ccccc1. The Morgan fingerprint density at radius 3 is 2.14 bits per heavy atom. The first-order valence-electron chi connectivity index (χ1n) is 11.8. The summed E-state index contributed by atoms with van der Waals surface area (Å²) in [5.74, 6) is 0.513. The Bertz CT molecular complexity index is 1430. The molecule has 4 aromatic carbocycles. The molecule has 4 aromatic rings. The van der Waals surface area contributed by atoms with Crippen LogP contribution in [0.4, 0.5) is 17.1 Å². The van der Waals surface area contributed by atoms with Crippen molar-refractivity contribution in [3.8, 4) is 22.6 Å². The van der Waals surface area contributed by atoms with Gasteiger partial charge in [-0.25, -0.2) is 4.79 Å². The summed E-state index contributed by atoms with van der Waals surface area (Å²) in [5.41, 5.74) is 6.55. The Balaban J connectivity index is 1.79. The number of carbonyl (C=O) groups is 1. The highest BCUT2D eigenvalue weighted by Gasteiger charge is 2.32. The summed E-state index contributed by atoms with van der Waals surface area (Å²) in [7, 11) is 7.94. The third-order valence-electron chi connectivity index (χ3n) is 6.51. The Hall–Kier alpha value is -4.45. The molecule has 0 saturated heterocycles. The van der Waals surface area contributed by atoms with Crippen molar-refractivity contribution < 1.29 is 14.6 Å². The predicted molar refractivity (Wildman–Crippen MR) is 146 cm³/mol. The number of hydrogen-bond donors (Lipinski definition) is 2. The van der Waals surface area contributed by atoms with Crippen molar-refractivity contribution >= 4 is 23.0 Å². The zero-order chi connectivity index (χ0) is 25.4. The number of carboxylic acid groups (broad SMARTS) is 1. The lowest BCUT2D eigenvalue weighted by molar-refractivity contribution is 0.0697. The van der Waals surface area contributed by atoms with Crippen LogP contribution in [0.5, 0.6) is 11.5 Å². The second kappa shape index (κ2) is 9.30. The van der Waals surface area contributed by atoms with E-state index in [9.17, 15) is 9.90 Å². The largest absolute Gasteiger partial charge is 0.478 e. The lowest BCUT2D eigenvalue weighted by atomic mass is 9.85. The molecular formula is C30H29N3O3. The molecule has 0 spiro atoms. The minimum absolute atomic E-state index is 0.253. The zero-order valence-electron chi connectivity index (χ0n) is 20.8. The van der Waals surface area contributed by atoms with E-state index in [-0.39, 0.29) is 11.6 Å². The van der Waals surface area contributed by atoms with Gasteiger partial charge in [0.2, 0.25) is 0 Å². The van der Waals surface area contributed by atoms with Gasteiger partial charge in [-0.05, 0) is 41.5 Å². The summed E-state index contributed by atoms with van der Waals surface area (Å²) in [4.78, 5) is 16.2. The van der Waals surface area contributed by atoms with Gasteiger partial charge in [0.15, 0.2) is 0 Å². The molecule has 0 amide bonds. The van der Waals surface area contributed by atoms with Crippen LogP contribution < -0.4 is 19.9 Å². The smallest absolute Gasteiger partial charge is 0.336 e. The van der Waals surface area contributed by atoms with E-state index in [2.05, 4.69) is 17.4 Å². The fourth-order valence-electron chi connectivity index (χ4n) is 4.63. The fourth-order valence-corrected chi connectivity index (χ4v) is 4.63. The number of carboxylic acids is 1. The Kier molecular flexibility index (Phi) is 6.02. The van der Waals surface area contributed by atoms with E-state index in [1.807, 2.05) is 98.7 Å². The molecule has 0 aliphatic carbocycles. The van der Waals surface area contributed by atoms with Crippen LogP contribution in [0.25, 0.3) is 11.1 Å². The second-order valence-electron chi connectivity index (χ2n) is 9.31. The molecule has 0 radical (unpaired) electrons. The summed E-state index contributed by atoms with van der Waals surface area (Å²) >= 11 is 0. The number of anilines is 3. The highest BCUT2D eigenvalue weighted by atomic mass is 16.5. The van der Waals surface area contributed by atoms with Crippen LogP contribution in [0.3, 0.4) is 0 Å². The molecule has 0 saturated carbocycles. The third-order valence-corrected chi connectivity index (χ3v) is 6.51. The van der Waals surface area contributed by atoms with E-state index < -0.39 is 5.97 Å². The standard InChI is InChI=1S/C30H29N3O3/c1-32(2)20-14-15-24-26(17-20)36-27-18-21(33(3)4)16-25(22-12-8-9-13-23(22)30(34)35)28(27)29(24)31-19-10-6-5-7-11-19/h5-18,29,31H,1-4H3,(H,34,35). The third kappa shape index (κ3) is 4.22. The van der Waals surface area contributed by atoms with Crippen LogP contribution in [0, 0.1) is 0 Å². The number of nitrogens with one attached hydrogen (secondary N) is 1. The average molecular weight is 480 g/mol. The van der Waals surface area contributed by atoms with E-state index in [1.54, 1.807) is 12.1 Å². The summed E-state index contributed by atoms with van der Waals surface area (Å²) in [6, 6.07) is 27.2. The Morgan fingerprint density at radius 2 is 1.44 bits per heavy atom. The summed E-state index contributed by atoms with van der Waals surface area (Å²) in [5, 5.41) is 13.7. The molecule has 36 heavy (non-hydrogen) atoms. The predicted octanol–water partition coefficient (Wildman–Crippen LogP) is 6.49. The second-order valence-corrected chi connectivity index (χ2v) is 9.31. The van der Waals surface area contributed by atoms with Gasteiger partial charge >= 0.3 is 5.97 Å². The maximum atomic E-state index is 12.2. The molecule has 1 aliphatic heterocycles. The minimum atomic E-state index is -0.963. The van der Waals surface area contributed by atoms with E-state index in [0.717, 1.165) is 39.5 Å². The highest BCUT2D eigenvalue weighted by molar-refractivity contribution is 5.97. The first kappa shape index (κ1) is 23.3. The monoisotopic (exact) mass is 479 g/mol. The normalized spacial score (nSPS) is 13.7. The molecule has 0 aromatic heterocycles. The molecular weight excluding hydrogens is 450 g/mol. The molecule has 6 nitrogen and oxygen atoms in total. The Labute approximate surface area is 211 Å². The van der Waals surface area contributed by atoms with Crippen LogP contribution in [0.15, 0.2) is 84.9 Å². The molecule has 1 aliphatic rings. The molecule has 6 heteroatoms. The molecule has 1 atom stereocenters. The number of fused-ring (bicyclic) bond motifs is 2. The number of ether oxygens (including phenoxy) is 1.